The van der Waals surface area contributed by atoms with Crippen LogP contribution in [0.1, 0.15) is 27.5 Å². The molecule has 0 spiro atoms. The molecule has 2 heterocycles. The predicted molar refractivity (Wildman–Crippen MR) is 108 cm³/mol. The lowest BCUT2D eigenvalue weighted by Gasteiger charge is -2.01. The number of fused-ring (bicyclic) bond motifs is 1. The minimum Gasteiger partial charge on any atom is -0.497 e. The van der Waals surface area contributed by atoms with Gasteiger partial charge in [0.1, 0.15) is 5.75 Å². The third-order valence-corrected chi connectivity index (χ3v) is 5.28. The fourth-order valence-corrected chi connectivity index (χ4v) is 3.77. The van der Waals surface area contributed by atoms with E-state index in [2.05, 4.69) is 15.2 Å². The van der Waals surface area contributed by atoms with E-state index in [1.165, 1.54) is 11.8 Å². The third-order valence-electron chi connectivity index (χ3n) is 4.46. The first-order valence-electron chi connectivity index (χ1n) is 8.82. The van der Waals surface area contributed by atoms with Gasteiger partial charge in [0, 0.05) is 22.2 Å². The highest BCUT2D eigenvalue weighted by molar-refractivity contribution is 7.99. The second-order valence-electron chi connectivity index (χ2n) is 6.37. The molecule has 0 saturated heterocycles. The van der Waals surface area contributed by atoms with Gasteiger partial charge < -0.3 is 14.1 Å². The summed E-state index contributed by atoms with van der Waals surface area (Å²) in [5, 5.41) is 9.46. The second-order valence-corrected chi connectivity index (χ2v) is 7.30. The van der Waals surface area contributed by atoms with Crippen LogP contribution in [0.15, 0.2) is 58.2 Å². The van der Waals surface area contributed by atoms with Crippen LogP contribution in [0.25, 0.3) is 10.9 Å². The van der Waals surface area contributed by atoms with Gasteiger partial charge in [0.05, 0.1) is 19.3 Å². The van der Waals surface area contributed by atoms with Gasteiger partial charge in [-0.3, -0.25) is 4.79 Å². The fraction of sp³-hybridized carbons (Fsp3) is 0.190. The maximum atomic E-state index is 12.7. The van der Waals surface area contributed by atoms with Crippen LogP contribution in [0.2, 0.25) is 0 Å². The van der Waals surface area contributed by atoms with Crippen molar-refractivity contribution in [3.8, 4) is 5.75 Å². The summed E-state index contributed by atoms with van der Waals surface area (Å²) >= 11 is 1.26. The minimum absolute atomic E-state index is 0.0369. The van der Waals surface area contributed by atoms with Crippen molar-refractivity contribution >= 4 is 28.4 Å². The quantitative estimate of drug-likeness (QED) is 0.369. The fourth-order valence-electron chi connectivity index (χ4n) is 3.12. The standard InChI is InChI=1S/C21H19N3O3S/c1-13-20(16-5-3-4-6-17(16)22-13)18(25)12-28-21-24-23-19(27-21)11-14-7-9-15(26-2)10-8-14/h3-10,22H,11-12H2,1-2H3. The van der Waals surface area contributed by atoms with Crippen molar-refractivity contribution in [2.75, 3.05) is 12.9 Å². The number of carbonyl (C=O) groups excluding carboxylic acids is 1. The number of hydrogen-bond acceptors (Lipinski definition) is 6. The first-order chi connectivity index (χ1) is 13.6. The maximum absolute atomic E-state index is 12.7. The maximum Gasteiger partial charge on any atom is 0.277 e. The van der Waals surface area contributed by atoms with Crippen LogP contribution in [-0.2, 0) is 6.42 Å². The molecule has 0 unspecified atom stereocenters. The second kappa shape index (κ2) is 7.90. The summed E-state index contributed by atoms with van der Waals surface area (Å²) in [5.41, 5.74) is 3.61. The van der Waals surface area contributed by atoms with Crippen LogP contribution < -0.4 is 4.74 Å². The van der Waals surface area contributed by atoms with E-state index < -0.39 is 0 Å². The predicted octanol–water partition coefficient (Wildman–Crippen LogP) is 4.43. The molecule has 142 valence electrons. The molecule has 0 aliphatic rings. The number of ether oxygens (including phenoxy) is 1. The number of ketones is 1. The number of methoxy groups -OCH3 is 1. The zero-order chi connectivity index (χ0) is 19.5. The number of nitrogens with one attached hydrogen (secondary N) is 1. The first kappa shape index (κ1) is 18.3. The molecule has 4 rings (SSSR count). The summed E-state index contributed by atoms with van der Waals surface area (Å²) in [6.07, 6.45) is 0.535. The van der Waals surface area contributed by atoms with Crippen molar-refractivity contribution < 1.29 is 13.9 Å². The number of nitrogens with zero attached hydrogens (tertiary/aromatic N) is 2. The Labute approximate surface area is 166 Å². The van der Waals surface area contributed by atoms with Gasteiger partial charge in [0.15, 0.2) is 5.78 Å². The third kappa shape index (κ3) is 3.80. The molecule has 1 N–H and O–H groups in total. The Hall–Kier alpha value is -3.06. The number of hydrogen-bond donors (Lipinski definition) is 1. The lowest BCUT2D eigenvalue weighted by atomic mass is 10.1. The van der Waals surface area contributed by atoms with Gasteiger partial charge >= 0.3 is 0 Å². The highest BCUT2D eigenvalue weighted by Crippen LogP contribution is 2.25. The van der Waals surface area contributed by atoms with E-state index in [1.54, 1.807) is 7.11 Å². The molecule has 4 aromatic rings. The highest BCUT2D eigenvalue weighted by atomic mass is 32.2. The van der Waals surface area contributed by atoms with E-state index in [0.717, 1.165) is 33.5 Å². The molecule has 6 nitrogen and oxygen atoms in total. The van der Waals surface area contributed by atoms with Crippen LogP contribution >= 0.6 is 11.8 Å². The van der Waals surface area contributed by atoms with E-state index in [0.29, 0.717) is 17.5 Å². The molecule has 0 saturated carbocycles. The lowest BCUT2D eigenvalue weighted by molar-refractivity contribution is 0.102. The smallest absolute Gasteiger partial charge is 0.277 e. The Morgan fingerprint density at radius 2 is 1.93 bits per heavy atom. The molecule has 2 aromatic heterocycles. The normalized spacial score (nSPS) is 11.1. The highest BCUT2D eigenvalue weighted by Gasteiger charge is 2.17. The number of H-pyrrole nitrogens is 1. The van der Waals surface area contributed by atoms with Gasteiger partial charge in [-0.25, -0.2) is 0 Å². The largest absolute Gasteiger partial charge is 0.497 e. The van der Waals surface area contributed by atoms with Crippen molar-refractivity contribution in [3.05, 3.63) is 71.2 Å². The molecule has 28 heavy (non-hydrogen) atoms. The van der Waals surface area contributed by atoms with Gasteiger partial charge in [-0.15, -0.1) is 10.2 Å². The van der Waals surface area contributed by atoms with Crippen LogP contribution in [0.4, 0.5) is 0 Å². The molecule has 0 radical (unpaired) electrons. The van der Waals surface area contributed by atoms with Gasteiger partial charge in [0.2, 0.25) is 5.89 Å². The summed E-state index contributed by atoms with van der Waals surface area (Å²) in [4.78, 5) is 16.0. The SMILES string of the molecule is COc1ccc(Cc2nnc(SCC(=O)c3c(C)[nH]c4ccccc34)o2)cc1. The van der Waals surface area contributed by atoms with Crippen molar-refractivity contribution in [3.63, 3.8) is 0 Å². The summed E-state index contributed by atoms with van der Waals surface area (Å²) in [5.74, 6) is 1.60. The van der Waals surface area contributed by atoms with E-state index in [1.807, 2.05) is 55.5 Å². The van der Waals surface area contributed by atoms with Gasteiger partial charge in [-0.1, -0.05) is 42.1 Å². The zero-order valence-electron chi connectivity index (χ0n) is 15.6. The zero-order valence-corrected chi connectivity index (χ0v) is 16.4. The number of aromatic amines is 1. The van der Waals surface area contributed by atoms with Crippen molar-refractivity contribution in [2.24, 2.45) is 0 Å². The van der Waals surface area contributed by atoms with E-state index in [9.17, 15) is 4.79 Å². The Morgan fingerprint density at radius 1 is 1.14 bits per heavy atom. The molecular formula is C21H19N3O3S. The minimum atomic E-state index is 0.0369. The topological polar surface area (TPSA) is 81.0 Å². The first-order valence-corrected chi connectivity index (χ1v) is 9.81. The molecule has 0 atom stereocenters. The number of rotatable bonds is 7. The molecular weight excluding hydrogens is 374 g/mol. The average molecular weight is 393 g/mol. The van der Waals surface area contributed by atoms with Crippen LogP contribution in [0.5, 0.6) is 5.75 Å². The van der Waals surface area contributed by atoms with E-state index >= 15 is 0 Å². The number of thioether (sulfide) groups is 1. The Balaban J connectivity index is 1.41. The number of benzene rings is 2. The number of para-hydroxylation sites is 1. The van der Waals surface area contributed by atoms with Crippen molar-refractivity contribution in [1.29, 1.82) is 0 Å². The molecule has 0 fully saturated rings. The molecule has 7 heteroatoms. The van der Waals surface area contributed by atoms with Crippen LogP contribution in [-0.4, -0.2) is 33.8 Å². The number of aromatic nitrogens is 3. The number of aryl methyl sites for hydroxylation is 1. The number of carbonyl (C=O) groups is 1. The molecule has 0 amide bonds. The summed E-state index contributed by atoms with van der Waals surface area (Å²) in [7, 11) is 1.63. The summed E-state index contributed by atoms with van der Waals surface area (Å²) < 4.78 is 10.8. The Morgan fingerprint density at radius 3 is 2.71 bits per heavy atom. The van der Waals surface area contributed by atoms with E-state index in [4.69, 9.17) is 9.15 Å². The Bertz CT molecular complexity index is 1120. The number of Topliss-reactive ketones (excluding diaryl/α,β-unsaturated/α-hetero) is 1. The van der Waals surface area contributed by atoms with Crippen molar-refractivity contribution in [1.82, 2.24) is 15.2 Å². The van der Waals surface area contributed by atoms with Crippen LogP contribution in [0.3, 0.4) is 0 Å². The van der Waals surface area contributed by atoms with Gasteiger partial charge in [0.25, 0.3) is 5.22 Å². The monoisotopic (exact) mass is 393 g/mol. The van der Waals surface area contributed by atoms with Crippen molar-refractivity contribution in [2.45, 2.75) is 18.6 Å². The summed E-state index contributed by atoms with van der Waals surface area (Å²) in [6.45, 7) is 1.91. The molecule has 0 aliphatic heterocycles. The Kier molecular flexibility index (Phi) is 5.16. The lowest BCUT2D eigenvalue weighted by Crippen LogP contribution is -2.03. The van der Waals surface area contributed by atoms with Gasteiger partial charge in [-0.05, 0) is 30.7 Å². The molecule has 2 aromatic carbocycles. The van der Waals surface area contributed by atoms with E-state index in [-0.39, 0.29) is 11.5 Å². The summed E-state index contributed by atoms with van der Waals surface area (Å²) in [6, 6.07) is 15.5. The average Bonchev–Trinajstić information content (AvgIpc) is 3.29. The molecule has 0 aliphatic carbocycles. The van der Waals surface area contributed by atoms with Gasteiger partial charge in [-0.2, -0.15) is 0 Å². The molecule has 0 bridgehead atoms. The van der Waals surface area contributed by atoms with Crippen LogP contribution in [0, 0.1) is 6.92 Å².